The second-order valence-corrected chi connectivity index (χ2v) is 7.33. The van der Waals surface area contributed by atoms with Crippen LogP contribution in [0.4, 0.5) is 11.4 Å². The van der Waals surface area contributed by atoms with E-state index in [4.69, 9.17) is 19.9 Å². The molecule has 0 aliphatic carbocycles. The van der Waals surface area contributed by atoms with E-state index in [1.807, 2.05) is 13.8 Å². The number of sulfonamides is 1. The highest BCUT2D eigenvalue weighted by molar-refractivity contribution is 7.89. The zero-order valence-electron chi connectivity index (χ0n) is 13.9. The molecule has 2 rings (SSSR count). The lowest BCUT2D eigenvalue weighted by Gasteiger charge is -2.11. The smallest absolute Gasteiger partial charge is 0.239 e. The molecule has 0 spiro atoms. The summed E-state index contributed by atoms with van der Waals surface area (Å²) in [5.41, 5.74) is 6.43. The average molecular weight is 396 g/mol. The first-order valence-corrected chi connectivity index (χ1v) is 9.00. The standard InChI is InChI=1S/C14H21N3O6S.ClH/c1-9(2)21-3-4-24(19,20)16-7-14(18)17-11-6-13-12(5-10(11)15)22-8-23-13;/h5-6,9,16H,3-4,7-8,15H2,1-2H3,(H,17,18);1H. The molecule has 1 aromatic rings. The van der Waals surface area contributed by atoms with Gasteiger partial charge in [0.2, 0.25) is 22.7 Å². The molecule has 1 aliphatic heterocycles. The van der Waals surface area contributed by atoms with Crippen LogP contribution in [-0.4, -0.2) is 46.1 Å². The van der Waals surface area contributed by atoms with Gasteiger partial charge in [0.1, 0.15) is 0 Å². The van der Waals surface area contributed by atoms with Crippen LogP contribution in [0.5, 0.6) is 11.5 Å². The van der Waals surface area contributed by atoms with Gasteiger partial charge in [0.05, 0.1) is 36.4 Å². The number of benzene rings is 1. The van der Waals surface area contributed by atoms with Crippen molar-refractivity contribution < 1.29 is 27.4 Å². The fourth-order valence-corrected chi connectivity index (χ4v) is 2.71. The highest BCUT2D eigenvalue weighted by atomic mass is 35.5. The molecule has 11 heteroatoms. The van der Waals surface area contributed by atoms with Gasteiger partial charge in [-0.05, 0) is 13.8 Å². The van der Waals surface area contributed by atoms with Gasteiger partial charge in [0.25, 0.3) is 0 Å². The van der Waals surface area contributed by atoms with Crippen molar-refractivity contribution in [2.45, 2.75) is 20.0 Å². The number of halogens is 1. The number of nitrogens with two attached hydrogens (primary N) is 1. The van der Waals surface area contributed by atoms with Gasteiger partial charge in [-0.2, -0.15) is 0 Å². The van der Waals surface area contributed by atoms with Crippen LogP contribution in [0.3, 0.4) is 0 Å². The van der Waals surface area contributed by atoms with Crippen molar-refractivity contribution in [3.05, 3.63) is 12.1 Å². The summed E-state index contributed by atoms with van der Waals surface area (Å²) >= 11 is 0. The Kier molecular flexibility index (Phi) is 7.74. The number of hydrogen-bond donors (Lipinski definition) is 3. The molecule has 1 aliphatic rings. The molecular weight excluding hydrogens is 374 g/mol. The number of nitrogen functional groups attached to an aromatic ring is 1. The Morgan fingerprint density at radius 1 is 1.32 bits per heavy atom. The lowest BCUT2D eigenvalue weighted by Crippen LogP contribution is -2.35. The molecule has 0 bridgehead atoms. The van der Waals surface area contributed by atoms with Crippen LogP contribution < -0.4 is 25.2 Å². The Labute approximate surface area is 152 Å². The number of rotatable bonds is 8. The number of carbonyl (C=O) groups excluding carboxylic acids is 1. The molecule has 4 N–H and O–H groups in total. The Morgan fingerprint density at radius 3 is 2.60 bits per heavy atom. The zero-order chi connectivity index (χ0) is 17.7. The molecule has 0 fully saturated rings. The molecular formula is C14H22ClN3O6S. The number of amides is 1. The van der Waals surface area contributed by atoms with Gasteiger partial charge in [0.15, 0.2) is 11.5 Å². The second-order valence-electron chi connectivity index (χ2n) is 5.40. The minimum Gasteiger partial charge on any atom is -0.454 e. The quantitative estimate of drug-likeness (QED) is 0.552. The third-order valence-electron chi connectivity index (χ3n) is 3.07. The molecule has 25 heavy (non-hydrogen) atoms. The molecule has 0 saturated carbocycles. The van der Waals surface area contributed by atoms with E-state index in [0.717, 1.165) is 0 Å². The topological polar surface area (TPSA) is 129 Å². The van der Waals surface area contributed by atoms with E-state index >= 15 is 0 Å². The monoisotopic (exact) mass is 395 g/mol. The third-order valence-corrected chi connectivity index (χ3v) is 4.36. The Hall–Kier alpha value is -1.75. The largest absolute Gasteiger partial charge is 0.454 e. The van der Waals surface area contributed by atoms with Crippen molar-refractivity contribution in [1.82, 2.24) is 4.72 Å². The molecule has 0 radical (unpaired) electrons. The number of ether oxygens (including phenoxy) is 3. The van der Waals surface area contributed by atoms with Crippen LogP contribution in [0.1, 0.15) is 13.8 Å². The van der Waals surface area contributed by atoms with E-state index in [1.54, 1.807) is 0 Å². The number of fused-ring (bicyclic) bond motifs is 1. The predicted molar refractivity (Wildman–Crippen MR) is 95.7 cm³/mol. The van der Waals surface area contributed by atoms with Crippen molar-refractivity contribution in [2.75, 3.05) is 36.7 Å². The highest BCUT2D eigenvalue weighted by Crippen LogP contribution is 2.38. The van der Waals surface area contributed by atoms with Crippen molar-refractivity contribution in [3.8, 4) is 11.5 Å². The van der Waals surface area contributed by atoms with Crippen LogP contribution >= 0.6 is 12.4 Å². The van der Waals surface area contributed by atoms with Gasteiger partial charge >= 0.3 is 0 Å². The molecule has 0 aromatic heterocycles. The van der Waals surface area contributed by atoms with Gasteiger partial charge in [0, 0.05) is 12.1 Å². The van der Waals surface area contributed by atoms with Gasteiger partial charge in [-0.3, -0.25) is 4.79 Å². The fraction of sp³-hybridized carbons (Fsp3) is 0.500. The maximum Gasteiger partial charge on any atom is 0.239 e. The third kappa shape index (κ3) is 6.58. The van der Waals surface area contributed by atoms with Crippen molar-refractivity contribution >= 4 is 39.7 Å². The number of nitrogens with one attached hydrogen (secondary N) is 2. The van der Waals surface area contributed by atoms with Crippen LogP contribution in [0.15, 0.2) is 12.1 Å². The van der Waals surface area contributed by atoms with E-state index in [9.17, 15) is 13.2 Å². The molecule has 1 amide bonds. The molecule has 1 heterocycles. The summed E-state index contributed by atoms with van der Waals surface area (Å²) in [6.07, 6.45) is -0.0579. The van der Waals surface area contributed by atoms with Crippen molar-refractivity contribution in [2.24, 2.45) is 0 Å². The summed E-state index contributed by atoms with van der Waals surface area (Å²) in [7, 11) is -3.60. The normalized spacial score (nSPS) is 12.8. The lowest BCUT2D eigenvalue weighted by atomic mass is 10.2. The van der Waals surface area contributed by atoms with E-state index in [0.29, 0.717) is 22.9 Å². The van der Waals surface area contributed by atoms with Crippen LogP contribution in [0, 0.1) is 0 Å². The minimum absolute atomic E-state index is 0. The van der Waals surface area contributed by atoms with E-state index in [-0.39, 0.29) is 37.7 Å². The Balaban J connectivity index is 0.00000312. The van der Waals surface area contributed by atoms with Crippen molar-refractivity contribution in [1.29, 1.82) is 0 Å². The first-order chi connectivity index (χ1) is 11.3. The van der Waals surface area contributed by atoms with Gasteiger partial charge < -0.3 is 25.3 Å². The molecule has 0 saturated heterocycles. The van der Waals surface area contributed by atoms with E-state index in [1.165, 1.54) is 12.1 Å². The van der Waals surface area contributed by atoms with Crippen LogP contribution in [-0.2, 0) is 19.6 Å². The van der Waals surface area contributed by atoms with Gasteiger partial charge in [-0.1, -0.05) is 0 Å². The summed E-state index contributed by atoms with van der Waals surface area (Å²) in [5, 5.41) is 2.53. The summed E-state index contributed by atoms with van der Waals surface area (Å²) in [6, 6.07) is 3.06. The summed E-state index contributed by atoms with van der Waals surface area (Å²) in [5.74, 6) is 0.196. The second kappa shape index (κ2) is 9.09. The Bertz CT molecular complexity index is 711. The lowest BCUT2D eigenvalue weighted by molar-refractivity contribution is -0.115. The Morgan fingerprint density at radius 2 is 1.96 bits per heavy atom. The van der Waals surface area contributed by atoms with Crippen molar-refractivity contribution in [3.63, 3.8) is 0 Å². The summed E-state index contributed by atoms with van der Waals surface area (Å²) < 4.78 is 41.3. The van der Waals surface area contributed by atoms with Gasteiger partial charge in [-0.25, -0.2) is 13.1 Å². The zero-order valence-corrected chi connectivity index (χ0v) is 15.5. The summed E-state index contributed by atoms with van der Waals surface area (Å²) in [6.45, 7) is 3.36. The number of anilines is 2. The molecule has 0 unspecified atom stereocenters. The predicted octanol–water partition coefficient (Wildman–Crippen LogP) is 0.702. The number of hydrogen-bond acceptors (Lipinski definition) is 7. The molecule has 142 valence electrons. The molecule has 1 aromatic carbocycles. The first kappa shape index (κ1) is 21.3. The van der Waals surface area contributed by atoms with Gasteiger partial charge in [-0.15, -0.1) is 12.4 Å². The minimum atomic E-state index is -3.60. The maximum atomic E-state index is 11.9. The van der Waals surface area contributed by atoms with Crippen LogP contribution in [0.25, 0.3) is 0 Å². The maximum absolute atomic E-state index is 11.9. The van der Waals surface area contributed by atoms with E-state index in [2.05, 4.69) is 10.0 Å². The SMILES string of the molecule is CC(C)OCCS(=O)(=O)NCC(=O)Nc1cc2c(cc1N)OCO2.Cl. The molecule has 0 atom stereocenters. The van der Waals surface area contributed by atoms with E-state index < -0.39 is 22.5 Å². The number of carbonyl (C=O) groups is 1. The van der Waals surface area contributed by atoms with Crippen LogP contribution in [0.2, 0.25) is 0 Å². The first-order valence-electron chi connectivity index (χ1n) is 7.35. The molecule has 9 nitrogen and oxygen atoms in total. The fourth-order valence-electron chi connectivity index (χ4n) is 1.90. The summed E-state index contributed by atoms with van der Waals surface area (Å²) in [4.78, 5) is 11.9. The highest BCUT2D eigenvalue weighted by Gasteiger charge is 2.18. The average Bonchev–Trinajstić information content (AvgIpc) is 2.92.